The van der Waals surface area contributed by atoms with Crippen molar-refractivity contribution in [3.05, 3.63) is 23.2 Å². The van der Waals surface area contributed by atoms with E-state index in [1.54, 1.807) is 0 Å². The summed E-state index contributed by atoms with van der Waals surface area (Å²) in [6.07, 6.45) is 1.18. The minimum Gasteiger partial charge on any atom is -0.466 e. The highest BCUT2D eigenvalue weighted by atomic mass is 16.5. The average molecular weight is 223 g/mol. The number of rotatable bonds is 4. The van der Waals surface area contributed by atoms with Crippen molar-refractivity contribution in [1.82, 2.24) is 5.32 Å². The maximum atomic E-state index is 5.51. The van der Waals surface area contributed by atoms with Gasteiger partial charge < -0.3 is 14.5 Å². The van der Waals surface area contributed by atoms with Crippen molar-refractivity contribution in [3.63, 3.8) is 0 Å². The summed E-state index contributed by atoms with van der Waals surface area (Å²) in [5.74, 6) is 2.68. The topological polar surface area (TPSA) is 34.4 Å². The van der Waals surface area contributed by atoms with Crippen molar-refractivity contribution in [2.24, 2.45) is 5.92 Å². The number of hydrogen-bond donors (Lipinski definition) is 1. The number of aryl methyl sites for hydroxylation is 2. The summed E-state index contributed by atoms with van der Waals surface area (Å²) in [7, 11) is 0. The van der Waals surface area contributed by atoms with Crippen LogP contribution in [0.3, 0.4) is 0 Å². The lowest BCUT2D eigenvalue weighted by Gasteiger charge is -2.18. The Balaban J connectivity index is 1.84. The molecule has 16 heavy (non-hydrogen) atoms. The Kier molecular flexibility index (Phi) is 3.66. The molecule has 2 unspecified atom stereocenters. The van der Waals surface area contributed by atoms with Crippen LogP contribution in [0.15, 0.2) is 10.5 Å². The van der Waals surface area contributed by atoms with Gasteiger partial charge in [-0.15, -0.1) is 0 Å². The minimum absolute atomic E-state index is 0.511. The Hall–Kier alpha value is -0.800. The van der Waals surface area contributed by atoms with Crippen LogP contribution in [-0.4, -0.2) is 19.3 Å². The van der Waals surface area contributed by atoms with Gasteiger partial charge >= 0.3 is 0 Å². The molecule has 0 bridgehead atoms. The van der Waals surface area contributed by atoms with E-state index in [1.165, 1.54) is 12.0 Å². The molecule has 1 aliphatic rings. The van der Waals surface area contributed by atoms with Crippen LogP contribution in [0, 0.1) is 19.8 Å². The van der Waals surface area contributed by atoms with E-state index in [0.717, 1.165) is 31.3 Å². The summed E-state index contributed by atoms with van der Waals surface area (Å²) in [4.78, 5) is 0. The molecule has 0 saturated carbocycles. The highest BCUT2D eigenvalue weighted by Crippen LogP contribution is 2.18. The van der Waals surface area contributed by atoms with Crippen LogP contribution in [0.25, 0.3) is 0 Å². The maximum Gasteiger partial charge on any atom is 0.105 e. The van der Waals surface area contributed by atoms with E-state index in [-0.39, 0.29) is 0 Å². The van der Waals surface area contributed by atoms with Crippen molar-refractivity contribution in [3.8, 4) is 0 Å². The van der Waals surface area contributed by atoms with Crippen LogP contribution in [-0.2, 0) is 11.3 Å². The van der Waals surface area contributed by atoms with E-state index in [0.29, 0.717) is 12.0 Å². The first-order valence-corrected chi connectivity index (χ1v) is 6.04. The average Bonchev–Trinajstić information content (AvgIpc) is 2.84. The molecule has 0 amide bonds. The predicted molar refractivity (Wildman–Crippen MR) is 63.4 cm³/mol. The Morgan fingerprint density at radius 1 is 1.50 bits per heavy atom. The molecular formula is C13H21NO2. The van der Waals surface area contributed by atoms with E-state index < -0.39 is 0 Å². The molecule has 1 saturated heterocycles. The zero-order valence-corrected chi connectivity index (χ0v) is 10.4. The van der Waals surface area contributed by atoms with Gasteiger partial charge in [0.05, 0.1) is 6.61 Å². The van der Waals surface area contributed by atoms with Crippen LogP contribution < -0.4 is 5.32 Å². The predicted octanol–water partition coefficient (Wildman–Crippen LogP) is 2.41. The van der Waals surface area contributed by atoms with Gasteiger partial charge in [0.2, 0.25) is 0 Å². The van der Waals surface area contributed by atoms with Gasteiger partial charge in [-0.2, -0.15) is 0 Å². The first-order chi connectivity index (χ1) is 7.66. The van der Waals surface area contributed by atoms with Gasteiger partial charge in [0, 0.05) is 24.8 Å². The normalized spacial score (nSPS) is 22.6. The van der Waals surface area contributed by atoms with Crippen LogP contribution in [0.2, 0.25) is 0 Å². The summed E-state index contributed by atoms with van der Waals surface area (Å²) in [6.45, 7) is 8.96. The number of ether oxygens (including phenoxy) is 1. The third kappa shape index (κ3) is 2.66. The molecule has 2 rings (SSSR count). The third-order valence-electron chi connectivity index (χ3n) is 3.43. The molecule has 2 heterocycles. The number of hydrogen-bond acceptors (Lipinski definition) is 3. The van der Waals surface area contributed by atoms with Crippen LogP contribution in [0.5, 0.6) is 0 Å². The fraction of sp³-hybridized carbons (Fsp3) is 0.692. The standard InChI is InChI=1S/C13H21NO2/c1-9-6-13(11(3)16-9)7-14-10(2)12-4-5-15-8-12/h6,10,12,14H,4-5,7-8H2,1-3H3. The minimum atomic E-state index is 0.511. The van der Waals surface area contributed by atoms with Crippen LogP contribution in [0.1, 0.15) is 30.4 Å². The summed E-state index contributed by atoms with van der Waals surface area (Å²) in [6, 6.07) is 2.62. The van der Waals surface area contributed by atoms with E-state index in [4.69, 9.17) is 9.15 Å². The van der Waals surface area contributed by atoms with E-state index >= 15 is 0 Å². The van der Waals surface area contributed by atoms with Gasteiger partial charge in [0.1, 0.15) is 11.5 Å². The van der Waals surface area contributed by atoms with Crippen molar-refractivity contribution in [2.75, 3.05) is 13.2 Å². The quantitative estimate of drug-likeness (QED) is 0.851. The van der Waals surface area contributed by atoms with Gasteiger partial charge in [-0.05, 0) is 39.2 Å². The second-order valence-corrected chi connectivity index (χ2v) is 4.73. The molecule has 1 fully saturated rings. The molecule has 1 N–H and O–H groups in total. The molecular weight excluding hydrogens is 202 g/mol. The Morgan fingerprint density at radius 2 is 2.31 bits per heavy atom. The highest BCUT2D eigenvalue weighted by Gasteiger charge is 2.21. The molecule has 0 spiro atoms. The molecule has 1 aromatic rings. The van der Waals surface area contributed by atoms with Gasteiger partial charge in [-0.25, -0.2) is 0 Å². The lowest BCUT2D eigenvalue weighted by molar-refractivity contribution is 0.178. The molecule has 0 radical (unpaired) electrons. The van der Waals surface area contributed by atoms with Gasteiger partial charge in [0.15, 0.2) is 0 Å². The molecule has 90 valence electrons. The lowest BCUT2D eigenvalue weighted by Crippen LogP contribution is -2.33. The summed E-state index contributed by atoms with van der Waals surface area (Å²) < 4.78 is 10.9. The van der Waals surface area contributed by atoms with Crippen molar-refractivity contribution in [1.29, 1.82) is 0 Å². The molecule has 1 aliphatic heterocycles. The lowest BCUT2D eigenvalue weighted by atomic mass is 10.0. The van der Waals surface area contributed by atoms with Crippen LogP contribution >= 0.6 is 0 Å². The van der Waals surface area contributed by atoms with Crippen LogP contribution in [0.4, 0.5) is 0 Å². The summed E-state index contributed by atoms with van der Waals surface area (Å²) in [5, 5.41) is 3.56. The van der Waals surface area contributed by atoms with Gasteiger partial charge in [-0.3, -0.25) is 0 Å². The monoisotopic (exact) mass is 223 g/mol. The zero-order chi connectivity index (χ0) is 11.5. The maximum absolute atomic E-state index is 5.51. The first kappa shape index (κ1) is 11.7. The zero-order valence-electron chi connectivity index (χ0n) is 10.4. The fourth-order valence-corrected chi connectivity index (χ4v) is 2.24. The smallest absolute Gasteiger partial charge is 0.105 e. The number of nitrogens with one attached hydrogen (secondary N) is 1. The number of furan rings is 1. The fourth-order valence-electron chi connectivity index (χ4n) is 2.24. The van der Waals surface area contributed by atoms with E-state index in [9.17, 15) is 0 Å². The first-order valence-electron chi connectivity index (χ1n) is 6.04. The largest absolute Gasteiger partial charge is 0.466 e. The van der Waals surface area contributed by atoms with E-state index in [1.807, 2.05) is 13.8 Å². The second-order valence-electron chi connectivity index (χ2n) is 4.73. The van der Waals surface area contributed by atoms with E-state index in [2.05, 4.69) is 18.3 Å². The third-order valence-corrected chi connectivity index (χ3v) is 3.43. The Labute approximate surface area is 97.2 Å². The Morgan fingerprint density at radius 3 is 2.88 bits per heavy atom. The second kappa shape index (κ2) is 5.02. The Bertz CT molecular complexity index is 340. The molecule has 0 aliphatic carbocycles. The van der Waals surface area contributed by atoms with Crippen molar-refractivity contribution < 1.29 is 9.15 Å². The SMILES string of the molecule is Cc1cc(CNC(C)C2CCOC2)c(C)o1. The highest BCUT2D eigenvalue weighted by molar-refractivity contribution is 5.19. The van der Waals surface area contributed by atoms with Gasteiger partial charge in [-0.1, -0.05) is 0 Å². The summed E-state index contributed by atoms with van der Waals surface area (Å²) in [5.41, 5.74) is 1.27. The molecule has 1 aromatic heterocycles. The molecule has 0 aromatic carbocycles. The van der Waals surface area contributed by atoms with Crippen molar-refractivity contribution >= 4 is 0 Å². The molecule has 3 nitrogen and oxygen atoms in total. The molecule has 3 heteroatoms. The van der Waals surface area contributed by atoms with Crippen molar-refractivity contribution in [2.45, 2.75) is 39.8 Å². The summed E-state index contributed by atoms with van der Waals surface area (Å²) >= 11 is 0. The molecule has 2 atom stereocenters. The van der Waals surface area contributed by atoms with Gasteiger partial charge in [0.25, 0.3) is 0 Å².